The van der Waals surface area contributed by atoms with Gasteiger partial charge in [0.05, 0.1) is 25.1 Å². The van der Waals surface area contributed by atoms with Gasteiger partial charge in [-0.05, 0) is 31.4 Å². The van der Waals surface area contributed by atoms with E-state index in [0.29, 0.717) is 37.8 Å². The molecule has 140 valence electrons. The molecule has 3 aliphatic heterocycles. The molecule has 2 N–H and O–H groups in total. The number of carbonyl (C=O) groups excluding carboxylic acids is 2. The third-order valence-corrected chi connectivity index (χ3v) is 5.25. The quantitative estimate of drug-likeness (QED) is 0.770. The molecule has 0 radical (unpaired) electrons. The number of anilines is 2. The number of imide groups is 1. The SMILES string of the molecule is O=C1CCC(Nc2ccc(N3CCC(C4OCCO4)CC3)cn2)C(=O)N1. The Kier molecular flexibility index (Phi) is 5.03. The predicted octanol–water partition coefficient (Wildman–Crippen LogP) is 0.888. The molecule has 2 amide bonds. The molecule has 4 heterocycles. The minimum absolute atomic E-state index is 0.0321. The number of aromatic nitrogens is 1. The predicted molar refractivity (Wildman–Crippen MR) is 94.7 cm³/mol. The Bertz CT molecular complexity index is 652. The molecule has 0 saturated carbocycles. The zero-order chi connectivity index (χ0) is 17.9. The number of pyridine rings is 1. The van der Waals surface area contributed by atoms with Crippen LogP contribution in [0.25, 0.3) is 0 Å². The second-order valence-corrected chi connectivity index (χ2v) is 6.98. The van der Waals surface area contributed by atoms with E-state index in [2.05, 4.69) is 20.5 Å². The number of nitrogens with zero attached hydrogens (tertiary/aromatic N) is 2. The molecule has 3 aliphatic rings. The highest BCUT2D eigenvalue weighted by atomic mass is 16.7. The molecule has 8 nitrogen and oxygen atoms in total. The van der Waals surface area contributed by atoms with Crippen molar-refractivity contribution in [1.82, 2.24) is 10.3 Å². The minimum atomic E-state index is -0.409. The minimum Gasteiger partial charge on any atom is -0.370 e. The first kappa shape index (κ1) is 17.2. The van der Waals surface area contributed by atoms with Crippen LogP contribution in [0.1, 0.15) is 25.7 Å². The first-order valence-corrected chi connectivity index (χ1v) is 9.23. The number of hydrogen-bond donors (Lipinski definition) is 2. The fourth-order valence-electron chi connectivity index (χ4n) is 3.75. The number of hydrogen-bond acceptors (Lipinski definition) is 7. The number of rotatable bonds is 4. The molecule has 4 rings (SSSR count). The van der Waals surface area contributed by atoms with Gasteiger partial charge in [0, 0.05) is 25.4 Å². The van der Waals surface area contributed by atoms with Crippen LogP contribution >= 0.6 is 0 Å². The fourth-order valence-corrected chi connectivity index (χ4v) is 3.75. The smallest absolute Gasteiger partial charge is 0.249 e. The summed E-state index contributed by atoms with van der Waals surface area (Å²) in [7, 11) is 0. The van der Waals surface area contributed by atoms with Crippen molar-refractivity contribution >= 4 is 23.3 Å². The summed E-state index contributed by atoms with van der Waals surface area (Å²) < 4.78 is 11.2. The van der Waals surface area contributed by atoms with Crippen LogP contribution in [0.15, 0.2) is 18.3 Å². The van der Waals surface area contributed by atoms with Gasteiger partial charge in [0.1, 0.15) is 11.9 Å². The molecule has 1 atom stereocenters. The second-order valence-electron chi connectivity index (χ2n) is 6.98. The van der Waals surface area contributed by atoms with Gasteiger partial charge in [-0.3, -0.25) is 14.9 Å². The lowest BCUT2D eigenvalue weighted by molar-refractivity contribution is -0.133. The van der Waals surface area contributed by atoms with Crippen molar-refractivity contribution in [2.24, 2.45) is 5.92 Å². The molecule has 1 unspecified atom stereocenters. The van der Waals surface area contributed by atoms with Crippen LogP contribution < -0.4 is 15.5 Å². The van der Waals surface area contributed by atoms with Crippen molar-refractivity contribution in [3.63, 3.8) is 0 Å². The van der Waals surface area contributed by atoms with Crippen LogP contribution in [0.3, 0.4) is 0 Å². The van der Waals surface area contributed by atoms with Crippen LogP contribution in [0.4, 0.5) is 11.5 Å². The van der Waals surface area contributed by atoms with E-state index in [4.69, 9.17) is 9.47 Å². The zero-order valence-corrected chi connectivity index (χ0v) is 14.6. The van der Waals surface area contributed by atoms with E-state index in [0.717, 1.165) is 31.6 Å². The average Bonchev–Trinajstić information content (AvgIpc) is 3.20. The van der Waals surface area contributed by atoms with Gasteiger partial charge in [0.25, 0.3) is 0 Å². The lowest BCUT2D eigenvalue weighted by atomic mass is 9.96. The molecule has 0 spiro atoms. The van der Waals surface area contributed by atoms with Gasteiger partial charge in [-0.25, -0.2) is 4.98 Å². The molecule has 1 aromatic rings. The second kappa shape index (κ2) is 7.59. The lowest BCUT2D eigenvalue weighted by Gasteiger charge is -2.35. The lowest BCUT2D eigenvalue weighted by Crippen LogP contribution is -2.47. The van der Waals surface area contributed by atoms with Crippen LogP contribution in [-0.2, 0) is 19.1 Å². The molecular formula is C18H24N4O4. The van der Waals surface area contributed by atoms with Crippen LogP contribution in [0.2, 0.25) is 0 Å². The van der Waals surface area contributed by atoms with E-state index in [1.807, 2.05) is 18.3 Å². The summed E-state index contributed by atoms with van der Waals surface area (Å²) in [5.74, 6) is 0.611. The van der Waals surface area contributed by atoms with Gasteiger partial charge < -0.3 is 19.7 Å². The Labute approximate surface area is 152 Å². The molecule has 0 bridgehead atoms. The van der Waals surface area contributed by atoms with Crippen molar-refractivity contribution in [2.75, 3.05) is 36.5 Å². The van der Waals surface area contributed by atoms with Crippen molar-refractivity contribution in [3.8, 4) is 0 Å². The molecular weight excluding hydrogens is 336 g/mol. The summed E-state index contributed by atoms with van der Waals surface area (Å²) in [6.07, 6.45) is 4.73. The normalized spacial score (nSPS) is 25.4. The third-order valence-electron chi connectivity index (χ3n) is 5.25. The van der Waals surface area contributed by atoms with E-state index in [-0.39, 0.29) is 18.1 Å². The van der Waals surface area contributed by atoms with Crippen molar-refractivity contribution in [2.45, 2.75) is 38.0 Å². The summed E-state index contributed by atoms with van der Waals surface area (Å²) in [6, 6.07) is 3.49. The number of piperidine rings is 2. The molecule has 1 aromatic heterocycles. The molecule has 26 heavy (non-hydrogen) atoms. The highest BCUT2D eigenvalue weighted by Gasteiger charge is 2.30. The Balaban J connectivity index is 1.30. The van der Waals surface area contributed by atoms with E-state index in [9.17, 15) is 9.59 Å². The first-order valence-electron chi connectivity index (χ1n) is 9.23. The fraction of sp³-hybridized carbons (Fsp3) is 0.611. The van der Waals surface area contributed by atoms with Crippen molar-refractivity contribution in [1.29, 1.82) is 0 Å². The molecule has 3 saturated heterocycles. The van der Waals surface area contributed by atoms with Gasteiger partial charge in [0.15, 0.2) is 6.29 Å². The van der Waals surface area contributed by atoms with Crippen LogP contribution in [0, 0.1) is 5.92 Å². The van der Waals surface area contributed by atoms with Gasteiger partial charge in [-0.2, -0.15) is 0 Å². The van der Waals surface area contributed by atoms with Crippen LogP contribution in [0.5, 0.6) is 0 Å². The Morgan fingerprint density at radius 1 is 1.12 bits per heavy atom. The maximum Gasteiger partial charge on any atom is 0.249 e. The molecule has 0 aromatic carbocycles. The largest absolute Gasteiger partial charge is 0.370 e. The van der Waals surface area contributed by atoms with E-state index < -0.39 is 6.04 Å². The maximum absolute atomic E-state index is 11.8. The van der Waals surface area contributed by atoms with Crippen molar-refractivity contribution < 1.29 is 19.1 Å². The number of nitrogens with one attached hydrogen (secondary N) is 2. The van der Waals surface area contributed by atoms with Gasteiger partial charge in [-0.15, -0.1) is 0 Å². The Hall–Kier alpha value is -2.19. The first-order chi connectivity index (χ1) is 12.7. The van der Waals surface area contributed by atoms with E-state index >= 15 is 0 Å². The summed E-state index contributed by atoms with van der Waals surface area (Å²) >= 11 is 0. The van der Waals surface area contributed by atoms with Crippen molar-refractivity contribution in [3.05, 3.63) is 18.3 Å². The molecule has 3 fully saturated rings. The maximum atomic E-state index is 11.8. The summed E-state index contributed by atoms with van der Waals surface area (Å²) in [4.78, 5) is 29.8. The summed E-state index contributed by atoms with van der Waals surface area (Å²) in [5, 5.41) is 5.44. The monoisotopic (exact) mass is 360 g/mol. The Morgan fingerprint density at radius 2 is 1.88 bits per heavy atom. The third kappa shape index (κ3) is 3.81. The summed E-state index contributed by atoms with van der Waals surface area (Å²) in [6.45, 7) is 3.32. The molecule has 8 heteroatoms. The van der Waals surface area contributed by atoms with Crippen LogP contribution in [-0.4, -0.2) is 55.4 Å². The number of carbonyl (C=O) groups is 2. The van der Waals surface area contributed by atoms with E-state index in [1.165, 1.54) is 0 Å². The topological polar surface area (TPSA) is 92.8 Å². The van der Waals surface area contributed by atoms with Gasteiger partial charge in [-0.1, -0.05) is 0 Å². The number of amides is 2. The standard InChI is InChI=1S/C18H24N4O4/c23-16-4-2-14(17(24)21-16)20-15-3-1-13(11-19-15)22-7-5-12(6-8-22)18-25-9-10-26-18/h1,3,11-12,14,18H,2,4-10H2,(H,19,20)(H,21,23,24). The van der Waals surface area contributed by atoms with Gasteiger partial charge >= 0.3 is 0 Å². The highest BCUT2D eigenvalue weighted by Crippen LogP contribution is 2.28. The average molecular weight is 360 g/mol. The highest BCUT2D eigenvalue weighted by molar-refractivity contribution is 6.01. The zero-order valence-electron chi connectivity index (χ0n) is 14.6. The molecule has 0 aliphatic carbocycles. The summed E-state index contributed by atoms with van der Waals surface area (Å²) in [5.41, 5.74) is 1.07. The number of ether oxygens (including phenoxy) is 2. The van der Waals surface area contributed by atoms with E-state index in [1.54, 1.807) is 0 Å². The van der Waals surface area contributed by atoms with Gasteiger partial charge in [0.2, 0.25) is 11.8 Å². The Morgan fingerprint density at radius 3 is 2.54 bits per heavy atom.